The Labute approximate surface area is 111 Å². The maximum atomic E-state index is 11.7. The summed E-state index contributed by atoms with van der Waals surface area (Å²) in [6, 6.07) is 0.408. The molecule has 1 aromatic rings. The number of nitrogens with two attached hydrogens (primary N) is 1. The molecular formula is C11H17N3O2S2. The van der Waals surface area contributed by atoms with Gasteiger partial charge >= 0.3 is 0 Å². The first-order chi connectivity index (χ1) is 8.47. The fourth-order valence-corrected chi connectivity index (χ4v) is 4.53. The molecule has 0 saturated heterocycles. The molecule has 2 aliphatic rings. The minimum Gasteiger partial charge on any atom is -0.382 e. The molecule has 0 spiro atoms. The van der Waals surface area contributed by atoms with E-state index in [1.165, 1.54) is 31.9 Å². The molecule has 2 aliphatic carbocycles. The van der Waals surface area contributed by atoms with Gasteiger partial charge in [-0.1, -0.05) is 0 Å². The molecule has 0 radical (unpaired) electrons. The molecule has 7 heteroatoms. The highest BCUT2D eigenvalue weighted by Gasteiger charge is 2.42. The molecule has 5 nitrogen and oxygen atoms in total. The SMILES string of the molecule is CS(=O)(=O)c1c(N)nsc1NC(C1CC1)C1CC1. The van der Waals surface area contributed by atoms with Crippen LogP contribution in [-0.2, 0) is 9.84 Å². The van der Waals surface area contributed by atoms with Gasteiger partial charge in [-0.2, -0.15) is 4.37 Å². The zero-order valence-electron chi connectivity index (χ0n) is 10.2. The third-order valence-electron chi connectivity index (χ3n) is 3.60. The Balaban J connectivity index is 1.88. The lowest BCUT2D eigenvalue weighted by Crippen LogP contribution is -2.24. The molecular weight excluding hydrogens is 270 g/mol. The smallest absolute Gasteiger partial charge is 0.182 e. The second-order valence-electron chi connectivity index (χ2n) is 5.34. The van der Waals surface area contributed by atoms with Crippen molar-refractivity contribution in [2.75, 3.05) is 17.3 Å². The molecule has 0 aromatic carbocycles. The number of anilines is 2. The number of hydrogen-bond acceptors (Lipinski definition) is 6. The quantitative estimate of drug-likeness (QED) is 0.861. The van der Waals surface area contributed by atoms with Crippen LogP contribution in [0.5, 0.6) is 0 Å². The summed E-state index contributed by atoms with van der Waals surface area (Å²) in [4.78, 5) is 0.179. The first-order valence-electron chi connectivity index (χ1n) is 6.18. The molecule has 18 heavy (non-hydrogen) atoms. The summed E-state index contributed by atoms with van der Waals surface area (Å²) in [5.74, 6) is 1.52. The van der Waals surface area contributed by atoms with Gasteiger partial charge in [-0.3, -0.25) is 0 Å². The van der Waals surface area contributed by atoms with Crippen molar-refractivity contribution in [1.82, 2.24) is 4.37 Å². The second-order valence-corrected chi connectivity index (χ2v) is 8.07. The standard InChI is InChI=1S/C11H17N3O2S2/c1-18(15,16)9-10(12)14-17-11(9)13-8(6-2-3-6)7-4-5-7/h6-8,13H,2-5H2,1H3,(H2,12,14). The Hall–Kier alpha value is -0.820. The minimum atomic E-state index is -3.32. The largest absolute Gasteiger partial charge is 0.382 e. The van der Waals surface area contributed by atoms with Crippen molar-refractivity contribution in [3.05, 3.63) is 0 Å². The van der Waals surface area contributed by atoms with Crippen LogP contribution in [0.25, 0.3) is 0 Å². The fraction of sp³-hybridized carbons (Fsp3) is 0.727. The molecule has 3 N–H and O–H groups in total. The topological polar surface area (TPSA) is 85.1 Å². The van der Waals surface area contributed by atoms with E-state index in [4.69, 9.17) is 5.73 Å². The Kier molecular flexibility index (Phi) is 2.78. The van der Waals surface area contributed by atoms with E-state index in [0.717, 1.165) is 11.5 Å². The molecule has 3 rings (SSSR count). The average molecular weight is 287 g/mol. The highest BCUT2D eigenvalue weighted by molar-refractivity contribution is 7.91. The summed E-state index contributed by atoms with van der Waals surface area (Å²) in [5, 5.41) is 4.02. The molecule has 0 unspecified atom stereocenters. The van der Waals surface area contributed by atoms with E-state index in [1.807, 2.05) is 0 Å². The van der Waals surface area contributed by atoms with Crippen LogP contribution in [0.4, 0.5) is 10.8 Å². The van der Waals surface area contributed by atoms with Gasteiger partial charge in [-0.15, -0.1) is 0 Å². The molecule has 1 heterocycles. The number of nitrogens with one attached hydrogen (secondary N) is 1. The van der Waals surface area contributed by atoms with E-state index in [2.05, 4.69) is 9.69 Å². The van der Waals surface area contributed by atoms with Gasteiger partial charge in [0.05, 0.1) is 0 Å². The number of nitrogen functional groups attached to an aromatic ring is 1. The van der Waals surface area contributed by atoms with E-state index in [0.29, 0.717) is 22.9 Å². The Morgan fingerprint density at radius 2 is 1.89 bits per heavy atom. The second kappa shape index (κ2) is 4.09. The summed E-state index contributed by atoms with van der Waals surface area (Å²) in [5.41, 5.74) is 5.67. The van der Waals surface area contributed by atoms with E-state index in [9.17, 15) is 8.42 Å². The average Bonchev–Trinajstić information content (AvgIpc) is 3.13. The Morgan fingerprint density at radius 1 is 1.33 bits per heavy atom. The van der Waals surface area contributed by atoms with Crippen molar-refractivity contribution in [3.8, 4) is 0 Å². The monoisotopic (exact) mass is 287 g/mol. The molecule has 2 fully saturated rings. The van der Waals surface area contributed by atoms with Gasteiger partial charge in [0, 0.05) is 12.3 Å². The lowest BCUT2D eigenvalue weighted by molar-refractivity contribution is 0.567. The summed E-state index contributed by atoms with van der Waals surface area (Å²) in [7, 11) is -3.32. The summed E-state index contributed by atoms with van der Waals surface area (Å²) in [6.07, 6.45) is 6.17. The Morgan fingerprint density at radius 3 is 2.33 bits per heavy atom. The van der Waals surface area contributed by atoms with Gasteiger partial charge in [0.1, 0.15) is 9.90 Å². The van der Waals surface area contributed by atoms with Gasteiger partial charge in [0.2, 0.25) is 0 Å². The van der Waals surface area contributed by atoms with E-state index in [1.54, 1.807) is 0 Å². The Bertz CT molecular complexity index is 547. The van der Waals surface area contributed by atoms with Crippen LogP contribution in [0.15, 0.2) is 4.90 Å². The summed E-state index contributed by atoms with van der Waals surface area (Å²) < 4.78 is 27.4. The van der Waals surface area contributed by atoms with Gasteiger partial charge in [0.25, 0.3) is 0 Å². The molecule has 0 atom stereocenters. The van der Waals surface area contributed by atoms with Gasteiger partial charge in [-0.25, -0.2) is 8.42 Å². The highest BCUT2D eigenvalue weighted by Crippen LogP contribution is 2.47. The molecule has 1 aromatic heterocycles. The van der Waals surface area contributed by atoms with Crippen molar-refractivity contribution in [2.24, 2.45) is 11.8 Å². The number of aromatic nitrogens is 1. The summed E-state index contributed by atoms with van der Waals surface area (Å²) >= 11 is 1.16. The van der Waals surface area contributed by atoms with Crippen LogP contribution in [0.2, 0.25) is 0 Å². The third-order valence-corrected chi connectivity index (χ3v) is 5.68. The van der Waals surface area contributed by atoms with Gasteiger partial charge in [0.15, 0.2) is 15.7 Å². The van der Waals surface area contributed by atoms with Crippen LogP contribution in [0.1, 0.15) is 25.7 Å². The van der Waals surface area contributed by atoms with Crippen LogP contribution in [-0.4, -0.2) is 25.1 Å². The van der Waals surface area contributed by atoms with Crippen molar-refractivity contribution in [3.63, 3.8) is 0 Å². The number of sulfone groups is 1. The first-order valence-corrected chi connectivity index (χ1v) is 8.85. The highest BCUT2D eigenvalue weighted by atomic mass is 32.2. The molecule has 100 valence electrons. The normalized spacial score (nSPS) is 20.3. The lowest BCUT2D eigenvalue weighted by atomic mass is 10.1. The van der Waals surface area contributed by atoms with Gasteiger partial charge < -0.3 is 11.1 Å². The van der Waals surface area contributed by atoms with Crippen LogP contribution < -0.4 is 11.1 Å². The summed E-state index contributed by atoms with van der Waals surface area (Å²) in [6.45, 7) is 0. The first kappa shape index (κ1) is 12.2. The van der Waals surface area contributed by atoms with Crippen molar-refractivity contribution < 1.29 is 8.42 Å². The van der Waals surface area contributed by atoms with Crippen LogP contribution >= 0.6 is 11.5 Å². The maximum absolute atomic E-state index is 11.7. The van der Waals surface area contributed by atoms with Crippen molar-refractivity contribution in [1.29, 1.82) is 0 Å². The molecule has 0 amide bonds. The minimum absolute atomic E-state index is 0.121. The van der Waals surface area contributed by atoms with Crippen LogP contribution in [0, 0.1) is 11.8 Å². The van der Waals surface area contributed by atoms with E-state index in [-0.39, 0.29) is 10.7 Å². The van der Waals surface area contributed by atoms with E-state index < -0.39 is 9.84 Å². The van der Waals surface area contributed by atoms with E-state index >= 15 is 0 Å². The zero-order valence-corrected chi connectivity index (χ0v) is 11.9. The third kappa shape index (κ3) is 2.33. The lowest BCUT2D eigenvalue weighted by Gasteiger charge is -2.18. The maximum Gasteiger partial charge on any atom is 0.182 e. The fourth-order valence-electron chi connectivity index (χ4n) is 2.43. The predicted octanol–water partition coefficient (Wildman–Crippen LogP) is 1.73. The number of hydrogen-bond donors (Lipinski definition) is 2. The van der Waals surface area contributed by atoms with Gasteiger partial charge in [-0.05, 0) is 49.1 Å². The molecule has 2 saturated carbocycles. The van der Waals surface area contributed by atoms with Crippen LogP contribution in [0.3, 0.4) is 0 Å². The zero-order chi connectivity index (χ0) is 12.9. The molecule has 0 bridgehead atoms. The molecule has 0 aliphatic heterocycles. The number of nitrogens with zero attached hydrogens (tertiary/aromatic N) is 1. The van der Waals surface area contributed by atoms with Crippen molar-refractivity contribution in [2.45, 2.75) is 36.6 Å². The number of rotatable bonds is 5. The van der Waals surface area contributed by atoms with Crippen molar-refractivity contribution >= 4 is 32.2 Å². The predicted molar refractivity (Wildman–Crippen MR) is 72.5 cm³/mol.